The van der Waals surface area contributed by atoms with Gasteiger partial charge in [0, 0.05) is 17.1 Å². The van der Waals surface area contributed by atoms with E-state index in [1.54, 1.807) is 0 Å². The molecule has 0 amide bonds. The molecule has 0 fully saturated rings. The van der Waals surface area contributed by atoms with Crippen molar-refractivity contribution in [2.75, 3.05) is 4.90 Å². The summed E-state index contributed by atoms with van der Waals surface area (Å²) in [6.45, 7) is 0. The Labute approximate surface area is 414 Å². The molecule has 0 heterocycles. The van der Waals surface area contributed by atoms with Gasteiger partial charge in [-0.3, -0.25) is 0 Å². The molecule has 0 saturated carbocycles. The first-order chi connectivity index (χ1) is 35.3. The summed E-state index contributed by atoms with van der Waals surface area (Å²) >= 11 is 0. The molecule has 0 saturated heterocycles. The number of nitrogens with zero attached hydrogens (tertiary/aromatic N) is 1. The van der Waals surface area contributed by atoms with Gasteiger partial charge in [-0.25, -0.2) is 0 Å². The van der Waals surface area contributed by atoms with E-state index in [1.807, 2.05) is 0 Å². The lowest BCUT2D eigenvalue weighted by Gasteiger charge is -2.49. The van der Waals surface area contributed by atoms with Crippen LogP contribution in [0.1, 0.15) is 44.5 Å². The highest BCUT2D eigenvalue weighted by Crippen LogP contribution is 2.67. The average Bonchev–Trinajstić information content (AvgIpc) is 3.91. The van der Waals surface area contributed by atoms with E-state index in [0.29, 0.717) is 0 Å². The van der Waals surface area contributed by atoms with Crippen LogP contribution in [0.3, 0.4) is 0 Å². The molecular weight excluding hydrogens is 855 g/mol. The maximum Gasteiger partial charge on any atom is 0.0720 e. The summed E-state index contributed by atoms with van der Waals surface area (Å²) in [6, 6.07) is 102. The molecule has 0 N–H and O–H groups in total. The lowest BCUT2D eigenvalue weighted by molar-refractivity contribution is 0.633. The fraction of sp³-hybridized carbons (Fsp3) is 0.0286. The van der Waals surface area contributed by atoms with Crippen molar-refractivity contribution in [2.45, 2.75) is 10.8 Å². The largest absolute Gasteiger partial charge is 0.311 e. The van der Waals surface area contributed by atoms with Gasteiger partial charge in [-0.05, 0) is 153 Å². The van der Waals surface area contributed by atoms with Crippen LogP contribution in [0.15, 0.2) is 273 Å². The molecule has 0 aliphatic heterocycles. The fourth-order valence-corrected chi connectivity index (χ4v) is 13.5. The summed E-state index contributed by atoms with van der Waals surface area (Å²) < 4.78 is 0. The Bertz CT molecular complexity index is 3920. The molecule has 3 aliphatic rings. The SMILES string of the molecule is c1ccc(N(c2ccccc2)c2ccc(-c3c4ccccc4c(-c4ccc5c(c4)C4(c6ccccc6-c6ccccc64)c4ccccc4C54c5ccccc5-c5ccccc54)c4ccccc34)cc2)cc1. The number of benzene rings is 12. The van der Waals surface area contributed by atoms with Crippen molar-refractivity contribution in [1.29, 1.82) is 0 Å². The normalized spacial score (nSPS) is 13.9. The zero-order chi connectivity index (χ0) is 46.7. The molecule has 0 unspecified atom stereocenters. The van der Waals surface area contributed by atoms with Crippen LogP contribution in [0.2, 0.25) is 0 Å². The van der Waals surface area contributed by atoms with E-state index < -0.39 is 10.8 Å². The molecule has 330 valence electrons. The van der Waals surface area contributed by atoms with E-state index in [4.69, 9.17) is 0 Å². The van der Waals surface area contributed by atoms with Gasteiger partial charge >= 0.3 is 0 Å². The van der Waals surface area contributed by atoms with Crippen LogP contribution >= 0.6 is 0 Å². The molecule has 1 nitrogen and oxygen atoms in total. The van der Waals surface area contributed by atoms with Crippen molar-refractivity contribution in [2.24, 2.45) is 0 Å². The Morgan fingerprint density at radius 2 is 0.507 bits per heavy atom. The van der Waals surface area contributed by atoms with Crippen molar-refractivity contribution < 1.29 is 0 Å². The smallest absolute Gasteiger partial charge is 0.0720 e. The second kappa shape index (κ2) is 15.2. The van der Waals surface area contributed by atoms with E-state index in [2.05, 4.69) is 278 Å². The van der Waals surface area contributed by atoms with Crippen LogP contribution in [-0.4, -0.2) is 0 Å². The van der Waals surface area contributed by atoms with Crippen LogP contribution in [-0.2, 0) is 10.8 Å². The molecule has 0 bridgehead atoms. The Morgan fingerprint density at radius 3 is 0.930 bits per heavy atom. The number of hydrogen-bond donors (Lipinski definition) is 0. The summed E-state index contributed by atoms with van der Waals surface area (Å²) in [7, 11) is 0. The minimum Gasteiger partial charge on any atom is -0.311 e. The van der Waals surface area contributed by atoms with E-state index in [1.165, 1.54) is 111 Å². The number of para-hydroxylation sites is 2. The first-order valence-corrected chi connectivity index (χ1v) is 24.8. The molecule has 1 heteroatoms. The minimum absolute atomic E-state index is 0.536. The number of hydrogen-bond acceptors (Lipinski definition) is 1. The van der Waals surface area contributed by atoms with Gasteiger partial charge in [0.2, 0.25) is 0 Å². The van der Waals surface area contributed by atoms with Crippen molar-refractivity contribution in [3.8, 4) is 44.5 Å². The van der Waals surface area contributed by atoms with Gasteiger partial charge in [0.05, 0.1) is 10.8 Å². The first-order valence-electron chi connectivity index (χ1n) is 24.8. The minimum atomic E-state index is -0.576. The van der Waals surface area contributed by atoms with E-state index in [-0.39, 0.29) is 0 Å². The summed E-state index contributed by atoms with van der Waals surface area (Å²) in [5.41, 5.74) is 23.1. The van der Waals surface area contributed by atoms with E-state index in [0.717, 1.165) is 17.1 Å². The summed E-state index contributed by atoms with van der Waals surface area (Å²) in [4.78, 5) is 2.33. The second-order valence-corrected chi connectivity index (χ2v) is 19.4. The molecule has 0 radical (unpaired) electrons. The molecule has 71 heavy (non-hydrogen) atoms. The molecule has 12 aromatic carbocycles. The third-order valence-corrected chi connectivity index (χ3v) is 16.1. The van der Waals surface area contributed by atoms with Crippen molar-refractivity contribution in [1.82, 2.24) is 0 Å². The van der Waals surface area contributed by atoms with Gasteiger partial charge in [-0.15, -0.1) is 0 Å². The Hall–Kier alpha value is -9.04. The Kier molecular flexibility index (Phi) is 8.56. The maximum absolute atomic E-state index is 2.61. The lowest BCUT2D eigenvalue weighted by atomic mass is 9.52. The Balaban J connectivity index is 1.01. The monoisotopic (exact) mass is 899 g/mol. The van der Waals surface area contributed by atoms with Crippen LogP contribution in [0.5, 0.6) is 0 Å². The van der Waals surface area contributed by atoms with Gasteiger partial charge in [-0.1, -0.05) is 231 Å². The molecule has 3 aliphatic carbocycles. The van der Waals surface area contributed by atoms with E-state index >= 15 is 0 Å². The topological polar surface area (TPSA) is 3.24 Å². The predicted octanol–water partition coefficient (Wildman–Crippen LogP) is 17.8. The summed E-state index contributed by atoms with van der Waals surface area (Å²) in [5, 5.41) is 4.95. The molecule has 15 rings (SSSR count). The zero-order valence-electron chi connectivity index (χ0n) is 38.9. The highest BCUT2D eigenvalue weighted by atomic mass is 15.1. The number of fused-ring (bicyclic) bond motifs is 18. The summed E-state index contributed by atoms with van der Waals surface area (Å²) in [6.07, 6.45) is 0. The van der Waals surface area contributed by atoms with Gasteiger partial charge < -0.3 is 4.90 Å². The maximum atomic E-state index is 2.61. The molecule has 0 aromatic heterocycles. The zero-order valence-corrected chi connectivity index (χ0v) is 38.9. The molecule has 2 spiro atoms. The fourth-order valence-electron chi connectivity index (χ4n) is 13.5. The number of rotatable bonds is 5. The Morgan fingerprint density at radius 1 is 0.211 bits per heavy atom. The first kappa shape index (κ1) is 39.9. The van der Waals surface area contributed by atoms with E-state index in [9.17, 15) is 0 Å². The van der Waals surface area contributed by atoms with Crippen LogP contribution in [0, 0.1) is 0 Å². The average molecular weight is 900 g/mol. The van der Waals surface area contributed by atoms with Crippen molar-refractivity contribution >= 4 is 38.6 Å². The van der Waals surface area contributed by atoms with Gasteiger partial charge in [-0.2, -0.15) is 0 Å². The highest BCUT2D eigenvalue weighted by Gasteiger charge is 2.59. The molecular formula is C70H45N. The third kappa shape index (κ3) is 5.35. The third-order valence-electron chi connectivity index (χ3n) is 16.1. The number of anilines is 3. The van der Waals surface area contributed by atoms with Crippen molar-refractivity contribution in [3.05, 3.63) is 317 Å². The van der Waals surface area contributed by atoms with Gasteiger partial charge in [0.1, 0.15) is 0 Å². The summed E-state index contributed by atoms with van der Waals surface area (Å²) in [5.74, 6) is 0. The predicted molar refractivity (Wildman–Crippen MR) is 295 cm³/mol. The van der Waals surface area contributed by atoms with Gasteiger partial charge in [0.15, 0.2) is 0 Å². The quantitative estimate of drug-likeness (QED) is 0.156. The highest BCUT2D eigenvalue weighted by molar-refractivity contribution is 6.21. The standard InChI is InChI=1S/C70H45N/c1-3-21-48(22-4-1)71(49-23-5-2-6-24-49)50-42-39-46(40-43-50)67-55-29-7-9-31-57(55)68(58-32-10-8-30-56(58)67)47-41-44-65-66(45-47)70(61-35-17-13-27-53(61)54-28-14-18-36-62(54)70)64-38-20-19-37-63(64)69(65)59-33-15-11-25-51(59)52-26-12-16-34-60(52)69/h1-45H. The lowest BCUT2D eigenvalue weighted by Crippen LogP contribution is -2.43. The van der Waals surface area contributed by atoms with Crippen molar-refractivity contribution in [3.63, 3.8) is 0 Å². The molecule has 0 atom stereocenters. The van der Waals surface area contributed by atoms with Crippen LogP contribution in [0.25, 0.3) is 66.1 Å². The van der Waals surface area contributed by atoms with Crippen LogP contribution < -0.4 is 4.90 Å². The molecule has 12 aromatic rings. The second-order valence-electron chi connectivity index (χ2n) is 19.4. The van der Waals surface area contributed by atoms with Gasteiger partial charge in [0.25, 0.3) is 0 Å². The van der Waals surface area contributed by atoms with Crippen LogP contribution in [0.4, 0.5) is 17.1 Å².